The Kier molecular flexibility index (Phi) is 4.31. The van der Waals surface area contributed by atoms with E-state index in [0.29, 0.717) is 0 Å². The minimum Gasteiger partial charge on any atom is -0.480 e. The lowest BCUT2D eigenvalue weighted by atomic mass is 10.0. The zero-order valence-corrected chi connectivity index (χ0v) is 10.3. The molecule has 0 aliphatic rings. The zero-order valence-electron chi connectivity index (χ0n) is 8.11. The van der Waals surface area contributed by atoms with Gasteiger partial charge in [-0.25, -0.2) is 17.6 Å². The highest BCUT2D eigenvalue weighted by molar-refractivity contribution is 14.1. The van der Waals surface area contributed by atoms with Crippen molar-refractivity contribution in [3.8, 4) is 0 Å². The van der Waals surface area contributed by atoms with Gasteiger partial charge < -0.3 is 10.8 Å². The largest absolute Gasteiger partial charge is 0.480 e. The maximum absolute atomic E-state index is 13.3. The molecule has 0 fully saturated rings. The number of carbonyl (C=O) groups is 1. The lowest BCUT2D eigenvalue weighted by Crippen LogP contribution is -2.33. The Morgan fingerprint density at radius 1 is 1.18 bits per heavy atom. The zero-order chi connectivity index (χ0) is 13.3. The van der Waals surface area contributed by atoms with E-state index in [2.05, 4.69) is 0 Å². The second-order valence-electron chi connectivity index (χ2n) is 3.20. The van der Waals surface area contributed by atoms with Gasteiger partial charge in [0.15, 0.2) is 23.3 Å². The van der Waals surface area contributed by atoms with E-state index in [1.165, 1.54) is 0 Å². The summed E-state index contributed by atoms with van der Waals surface area (Å²) < 4.78 is 52.0. The van der Waals surface area contributed by atoms with Gasteiger partial charge >= 0.3 is 5.97 Å². The van der Waals surface area contributed by atoms with E-state index < -0.39 is 50.8 Å². The Hall–Kier alpha value is -0.900. The van der Waals surface area contributed by atoms with Crippen molar-refractivity contribution in [3.63, 3.8) is 0 Å². The van der Waals surface area contributed by atoms with Gasteiger partial charge in [0.05, 0.1) is 3.57 Å². The first-order valence-corrected chi connectivity index (χ1v) is 5.34. The van der Waals surface area contributed by atoms with Crippen molar-refractivity contribution in [2.24, 2.45) is 5.73 Å². The van der Waals surface area contributed by atoms with Crippen LogP contribution in [-0.4, -0.2) is 17.1 Å². The first-order chi connectivity index (χ1) is 7.77. The normalized spacial score (nSPS) is 12.6. The molecule has 0 radical (unpaired) electrons. The van der Waals surface area contributed by atoms with Gasteiger partial charge in [-0.1, -0.05) is 0 Å². The molecule has 0 saturated heterocycles. The van der Waals surface area contributed by atoms with Crippen LogP contribution in [0.2, 0.25) is 0 Å². The molecule has 1 atom stereocenters. The molecule has 0 amide bonds. The van der Waals surface area contributed by atoms with Crippen LogP contribution in [0.4, 0.5) is 17.6 Å². The molecule has 0 aliphatic carbocycles. The summed E-state index contributed by atoms with van der Waals surface area (Å²) in [7, 11) is 0. The summed E-state index contributed by atoms with van der Waals surface area (Å²) in [6.45, 7) is 0. The third-order valence-corrected chi connectivity index (χ3v) is 2.99. The first kappa shape index (κ1) is 14.2. The number of hydrogen-bond acceptors (Lipinski definition) is 2. The maximum Gasteiger partial charge on any atom is 0.320 e. The van der Waals surface area contributed by atoms with E-state index in [0.717, 1.165) is 22.6 Å². The van der Waals surface area contributed by atoms with Crippen molar-refractivity contribution >= 4 is 28.6 Å². The molecule has 1 rings (SSSR count). The number of nitrogens with two attached hydrogens (primary N) is 1. The van der Waals surface area contributed by atoms with E-state index in [4.69, 9.17) is 10.8 Å². The molecule has 0 unspecified atom stereocenters. The summed E-state index contributed by atoms with van der Waals surface area (Å²) in [6, 6.07) is -1.64. The number of carboxylic acids is 1. The second-order valence-corrected chi connectivity index (χ2v) is 4.28. The van der Waals surface area contributed by atoms with Crippen molar-refractivity contribution in [2.45, 2.75) is 12.5 Å². The number of aliphatic carboxylic acids is 1. The fraction of sp³-hybridized carbons (Fsp3) is 0.222. The highest BCUT2D eigenvalue weighted by Gasteiger charge is 2.26. The Morgan fingerprint density at radius 2 is 1.59 bits per heavy atom. The third-order valence-electron chi connectivity index (χ3n) is 2.04. The standard InChI is InChI=1S/C9H6F4INO2/c10-4-2(1-3(15)9(16)17)5(11)7(13)8(14)6(4)12/h3H,1,15H2,(H,16,17)/t3-/m0/s1. The molecule has 1 aromatic carbocycles. The fourth-order valence-electron chi connectivity index (χ4n) is 1.14. The van der Waals surface area contributed by atoms with E-state index >= 15 is 0 Å². The van der Waals surface area contributed by atoms with Gasteiger partial charge in [-0.05, 0) is 22.6 Å². The first-order valence-electron chi connectivity index (χ1n) is 4.26. The lowest BCUT2D eigenvalue weighted by Gasteiger charge is -2.11. The van der Waals surface area contributed by atoms with Crippen molar-refractivity contribution in [3.05, 3.63) is 32.4 Å². The van der Waals surface area contributed by atoms with E-state index in [1.54, 1.807) is 0 Å². The fourth-order valence-corrected chi connectivity index (χ4v) is 1.61. The van der Waals surface area contributed by atoms with Crippen molar-refractivity contribution in [1.82, 2.24) is 0 Å². The van der Waals surface area contributed by atoms with E-state index in [-0.39, 0.29) is 0 Å². The molecule has 0 aromatic heterocycles. The third kappa shape index (κ3) is 2.68. The van der Waals surface area contributed by atoms with Gasteiger partial charge in [-0.15, -0.1) is 0 Å². The van der Waals surface area contributed by atoms with Crippen LogP contribution in [0.1, 0.15) is 5.56 Å². The van der Waals surface area contributed by atoms with E-state index in [1.807, 2.05) is 0 Å². The predicted octanol–water partition coefficient (Wildman–Crippen LogP) is 1.80. The summed E-state index contributed by atoms with van der Waals surface area (Å²) in [5.41, 5.74) is 4.04. The quantitative estimate of drug-likeness (QED) is 0.373. The van der Waals surface area contributed by atoms with Crippen LogP contribution < -0.4 is 5.73 Å². The summed E-state index contributed by atoms with van der Waals surface area (Å²) in [6.07, 6.45) is -0.836. The predicted molar refractivity (Wildman–Crippen MR) is 58.3 cm³/mol. The molecule has 0 saturated carbocycles. The van der Waals surface area contributed by atoms with Crippen molar-refractivity contribution in [2.75, 3.05) is 0 Å². The average Bonchev–Trinajstić information content (AvgIpc) is 2.29. The van der Waals surface area contributed by atoms with Gasteiger partial charge in [0.1, 0.15) is 6.04 Å². The van der Waals surface area contributed by atoms with Crippen LogP contribution in [0.15, 0.2) is 0 Å². The number of halogens is 5. The Labute approximate surface area is 107 Å². The molecule has 94 valence electrons. The molecule has 8 heteroatoms. The SMILES string of the molecule is N[C@@H](Cc1c(F)c(F)c(I)c(F)c1F)C(=O)O. The molecule has 3 N–H and O–H groups in total. The molecular formula is C9H6F4INO2. The molecule has 0 bridgehead atoms. The number of benzene rings is 1. The van der Waals surface area contributed by atoms with Crippen LogP contribution in [-0.2, 0) is 11.2 Å². The van der Waals surface area contributed by atoms with Crippen LogP contribution in [0.25, 0.3) is 0 Å². The van der Waals surface area contributed by atoms with Crippen LogP contribution in [0, 0.1) is 26.8 Å². The minimum absolute atomic E-state index is 0.828. The van der Waals surface area contributed by atoms with Crippen LogP contribution >= 0.6 is 22.6 Å². The monoisotopic (exact) mass is 363 g/mol. The van der Waals surface area contributed by atoms with Gasteiger partial charge in [0, 0.05) is 12.0 Å². The minimum atomic E-state index is -1.64. The molecular weight excluding hydrogens is 357 g/mol. The molecule has 17 heavy (non-hydrogen) atoms. The Bertz CT molecular complexity index is 452. The highest BCUT2D eigenvalue weighted by Crippen LogP contribution is 2.26. The smallest absolute Gasteiger partial charge is 0.320 e. The number of carboxylic acid groups (broad SMARTS) is 1. The lowest BCUT2D eigenvalue weighted by molar-refractivity contribution is -0.138. The molecule has 1 aromatic rings. The topological polar surface area (TPSA) is 63.3 Å². The number of hydrogen-bond donors (Lipinski definition) is 2. The molecule has 0 heterocycles. The summed E-state index contributed by atoms with van der Waals surface area (Å²) in [5, 5.41) is 8.46. The molecule has 0 spiro atoms. The van der Waals surface area contributed by atoms with Gasteiger partial charge in [-0.3, -0.25) is 4.79 Å². The highest BCUT2D eigenvalue weighted by atomic mass is 127. The van der Waals surface area contributed by atoms with Crippen molar-refractivity contribution < 1.29 is 27.5 Å². The van der Waals surface area contributed by atoms with Crippen LogP contribution in [0.3, 0.4) is 0 Å². The van der Waals surface area contributed by atoms with E-state index in [9.17, 15) is 22.4 Å². The summed E-state index contributed by atoms with van der Waals surface area (Å²) in [5.74, 6) is -7.88. The van der Waals surface area contributed by atoms with Gasteiger partial charge in [0.25, 0.3) is 0 Å². The van der Waals surface area contributed by atoms with Crippen LogP contribution in [0.5, 0.6) is 0 Å². The Balaban J connectivity index is 3.30. The summed E-state index contributed by atoms with van der Waals surface area (Å²) in [4.78, 5) is 10.4. The van der Waals surface area contributed by atoms with Gasteiger partial charge in [0.2, 0.25) is 0 Å². The Morgan fingerprint density at radius 3 is 1.94 bits per heavy atom. The number of rotatable bonds is 3. The average molecular weight is 363 g/mol. The second kappa shape index (κ2) is 5.17. The molecule has 0 aliphatic heterocycles. The van der Waals surface area contributed by atoms with Gasteiger partial charge in [-0.2, -0.15) is 0 Å². The molecule has 3 nitrogen and oxygen atoms in total. The van der Waals surface area contributed by atoms with Crippen molar-refractivity contribution in [1.29, 1.82) is 0 Å². The maximum atomic E-state index is 13.3. The summed E-state index contributed by atoms with van der Waals surface area (Å²) >= 11 is 1.11.